The van der Waals surface area contributed by atoms with Crippen LogP contribution in [0.4, 0.5) is 0 Å². The maximum Gasteiger partial charge on any atom is 0.161 e. The lowest BCUT2D eigenvalue weighted by Crippen LogP contribution is -2.03. The number of rotatable bonds is 1. The molecule has 0 saturated heterocycles. The second kappa shape index (κ2) is 3.45. The second-order valence-electron chi connectivity index (χ2n) is 2.07. The molecule has 11 heavy (non-hydrogen) atoms. The van der Waals surface area contributed by atoms with Gasteiger partial charge in [-0.05, 0) is 22.0 Å². The van der Waals surface area contributed by atoms with Gasteiger partial charge in [0, 0.05) is 21.0 Å². The zero-order chi connectivity index (χ0) is 8.43. The van der Waals surface area contributed by atoms with Crippen LogP contribution in [0.3, 0.4) is 0 Å². The summed E-state index contributed by atoms with van der Waals surface area (Å²) in [5.74, 6) is -0.00523. The molecule has 0 radical (unpaired) electrons. The Morgan fingerprint density at radius 1 is 1.45 bits per heavy atom. The molecule has 0 aliphatic heterocycles. The van der Waals surface area contributed by atoms with E-state index >= 15 is 0 Å². The summed E-state index contributed by atoms with van der Waals surface area (Å²) in [6.45, 7) is 0. The van der Waals surface area contributed by atoms with Crippen LogP contribution in [0.25, 0.3) is 0 Å². The fourth-order valence-corrected chi connectivity index (χ4v) is 2.21. The van der Waals surface area contributed by atoms with Crippen LogP contribution in [0, 0.1) is 0 Å². The third-order valence-electron chi connectivity index (χ3n) is 1.28. The van der Waals surface area contributed by atoms with E-state index in [2.05, 4.69) is 31.9 Å². The minimum absolute atomic E-state index is 0.00523. The summed E-state index contributed by atoms with van der Waals surface area (Å²) >= 11 is 6.27. The van der Waals surface area contributed by atoms with Crippen LogP contribution in [0.2, 0.25) is 0 Å². The molecule has 2 nitrogen and oxygen atoms in total. The molecule has 4 heteroatoms. The van der Waals surface area contributed by atoms with Gasteiger partial charge >= 0.3 is 0 Å². The number of aldehydes is 1. The van der Waals surface area contributed by atoms with Crippen LogP contribution in [-0.2, 0) is 9.59 Å². The Labute approximate surface area is 80.6 Å². The fourth-order valence-electron chi connectivity index (χ4n) is 0.768. The lowest BCUT2D eigenvalue weighted by Gasteiger charge is -2.07. The molecule has 0 aromatic carbocycles. The number of carbonyl (C=O) groups is 2. The molecular formula is C7H4Br2O2. The first-order valence-electron chi connectivity index (χ1n) is 2.89. The Morgan fingerprint density at radius 2 is 2.09 bits per heavy atom. The van der Waals surface area contributed by atoms with Gasteiger partial charge < -0.3 is 0 Å². The Hall–Kier alpha value is -0.220. The molecule has 1 aliphatic carbocycles. The summed E-state index contributed by atoms with van der Waals surface area (Å²) in [6.07, 6.45) is 2.41. The van der Waals surface area contributed by atoms with Crippen molar-refractivity contribution in [2.24, 2.45) is 0 Å². The van der Waals surface area contributed by atoms with E-state index in [4.69, 9.17) is 0 Å². The molecule has 1 rings (SSSR count). The zero-order valence-electron chi connectivity index (χ0n) is 5.43. The maximum absolute atomic E-state index is 10.9. The number of allylic oxidation sites excluding steroid dienone is 4. The minimum atomic E-state index is -0.00523. The van der Waals surface area contributed by atoms with E-state index in [9.17, 15) is 9.59 Å². The highest BCUT2D eigenvalue weighted by molar-refractivity contribution is 9.12. The van der Waals surface area contributed by atoms with Crippen LogP contribution >= 0.6 is 31.9 Å². The number of hydrogen-bond acceptors (Lipinski definition) is 2. The molecule has 0 unspecified atom stereocenters. The van der Waals surface area contributed by atoms with Gasteiger partial charge in [-0.3, -0.25) is 9.59 Å². The molecule has 0 aromatic heterocycles. The highest BCUT2D eigenvalue weighted by Crippen LogP contribution is 2.29. The average Bonchev–Trinajstić information content (AvgIpc) is 1.85. The molecule has 1 aliphatic rings. The largest absolute Gasteiger partial charge is 0.298 e. The molecule has 0 bridgehead atoms. The van der Waals surface area contributed by atoms with Crippen LogP contribution in [0.1, 0.15) is 6.42 Å². The summed E-state index contributed by atoms with van der Waals surface area (Å²) < 4.78 is 1.20. The summed E-state index contributed by atoms with van der Waals surface area (Å²) in [4.78, 5) is 21.3. The molecule has 0 N–H and O–H groups in total. The standard InChI is InChI=1S/C7H4Br2O2/c8-6-1-4(11)2-7(9)5(6)3-10/h1,3H,2H2. The third kappa shape index (κ3) is 1.87. The molecular weight excluding hydrogens is 276 g/mol. The summed E-state index contributed by atoms with van der Waals surface area (Å²) in [7, 11) is 0. The predicted molar refractivity (Wildman–Crippen MR) is 48.7 cm³/mol. The lowest BCUT2D eigenvalue weighted by molar-refractivity contribution is -0.114. The summed E-state index contributed by atoms with van der Waals surface area (Å²) in [6, 6.07) is 0. The number of hydrogen-bond donors (Lipinski definition) is 0. The maximum atomic E-state index is 10.9. The van der Waals surface area contributed by atoms with Gasteiger partial charge in [-0.2, -0.15) is 0 Å². The molecule has 0 fully saturated rings. The van der Waals surface area contributed by atoms with E-state index in [1.165, 1.54) is 6.08 Å². The Bertz CT molecular complexity index is 276. The Balaban J connectivity index is 3.09. The van der Waals surface area contributed by atoms with Crippen molar-refractivity contribution in [1.82, 2.24) is 0 Å². The topological polar surface area (TPSA) is 34.1 Å². The second-order valence-corrected chi connectivity index (χ2v) is 3.88. The average molecular weight is 280 g/mol. The van der Waals surface area contributed by atoms with Gasteiger partial charge in [0.25, 0.3) is 0 Å². The van der Waals surface area contributed by atoms with Crippen molar-refractivity contribution in [3.63, 3.8) is 0 Å². The van der Waals surface area contributed by atoms with E-state index in [1.54, 1.807) is 0 Å². The first-order valence-corrected chi connectivity index (χ1v) is 4.48. The van der Waals surface area contributed by atoms with Gasteiger partial charge in [0.05, 0.1) is 0 Å². The van der Waals surface area contributed by atoms with Crippen molar-refractivity contribution in [2.75, 3.05) is 0 Å². The van der Waals surface area contributed by atoms with E-state index in [-0.39, 0.29) is 12.2 Å². The monoisotopic (exact) mass is 278 g/mol. The molecule has 0 amide bonds. The van der Waals surface area contributed by atoms with Gasteiger partial charge in [-0.1, -0.05) is 15.9 Å². The zero-order valence-corrected chi connectivity index (χ0v) is 8.61. The van der Waals surface area contributed by atoms with Gasteiger partial charge in [0.15, 0.2) is 12.1 Å². The van der Waals surface area contributed by atoms with Gasteiger partial charge in [0.2, 0.25) is 0 Å². The van der Waals surface area contributed by atoms with Crippen LogP contribution < -0.4 is 0 Å². The van der Waals surface area contributed by atoms with E-state index < -0.39 is 0 Å². The van der Waals surface area contributed by atoms with E-state index in [0.717, 1.165) is 6.29 Å². The van der Waals surface area contributed by atoms with Crippen molar-refractivity contribution in [1.29, 1.82) is 0 Å². The normalized spacial score (nSPS) is 18.4. The van der Waals surface area contributed by atoms with Crippen LogP contribution in [0.15, 0.2) is 20.6 Å². The minimum Gasteiger partial charge on any atom is -0.298 e. The summed E-state index contributed by atoms with van der Waals surface area (Å²) in [5.41, 5.74) is 0.518. The predicted octanol–water partition coefficient (Wildman–Crippen LogP) is 2.09. The van der Waals surface area contributed by atoms with Crippen molar-refractivity contribution < 1.29 is 9.59 Å². The Kier molecular flexibility index (Phi) is 2.78. The van der Waals surface area contributed by atoms with Crippen molar-refractivity contribution in [3.05, 3.63) is 20.6 Å². The van der Waals surface area contributed by atoms with Gasteiger partial charge in [-0.25, -0.2) is 0 Å². The molecule has 58 valence electrons. The fraction of sp³-hybridized carbons (Fsp3) is 0.143. The first kappa shape index (κ1) is 8.87. The number of halogens is 2. The number of carbonyl (C=O) groups excluding carboxylic acids is 2. The van der Waals surface area contributed by atoms with Crippen LogP contribution in [0.5, 0.6) is 0 Å². The lowest BCUT2D eigenvalue weighted by atomic mass is 10.1. The van der Waals surface area contributed by atoms with E-state index in [1.807, 2.05) is 0 Å². The SMILES string of the molecule is O=CC1=C(Br)CC(=O)C=C1Br. The molecule has 0 heterocycles. The molecule has 0 spiro atoms. The van der Waals surface area contributed by atoms with Gasteiger partial charge in [-0.15, -0.1) is 0 Å². The summed E-state index contributed by atoms with van der Waals surface area (Å²) in [5, 5.41) is 0. The van der Waals surface area contributed by atoms with Crippen LogP contribution in [-0.4, -0.2) is 12.1 Å². The third-order valence-corrected chi connectivity index (χ3v) is 2.65. The van der Waals surface area contributed by atoms with E-state index in [0.29, 0.717) is 14.5 Å². The van der Waals surface area contributed by atoms with Crippen molar-refractivity contribution in [2.45, 2.75) is 6.42 Å². The molecule has 0 aromatic rings. The Morgan fingerprint density at radius 3 is 2.55 bits per heavy atom. The molecule has 0 atom stereocenters. The first-order chi connectivity index (χ1) is 5.15. The highest BCUT2D eigenvalue weighted by Gasteiger charge is 2.16. The van der Waals surface area contributed by atoms with Crippen molar-refractivity contribution in [3.8, 4) is 0 Å². The smallest absolute Gasteiger partial charge is 0.161 e. The number of ketones is 1. The quantitative estimate of drug-likeness (QED) is 0.689. The van der Waals surface area contributed by atoms with Crippen molar-refractivity contribution >= 4 is 43.9 Å². The highest BCUT2D eigenvalue weighted by atomic mass is 79.9. The van der Waals surface area contributed by atoms with Gasteiger partial charge in [0.1, 0.15) is 0 Å². The molecule has 0 saturated carbocycles.